The molecular weight excluding hydrogens is 308 g/mol. The lowest BCUT2D eigenvalue weighted by molar-refractivity contribution is -0.107. The topological polar surface area (TPSA) is 26.3 Å². The Labute approximate surface area is 141 Å². The predicted molar refractivity (Wildman–Crippen MR) is 93.1 cm³/mol. The fraction of sp³-hybridized carbons (Fsp3) is 0.250. The highest BCUT2D eigenvalue weighted by molar-refractivity contribution is 6.25. The van der Waals surface area contributed by atoms with Crippen LogP contribution in [0.2, 0.25) is 0 Å². The average Bonchev–Trinajstić information content (AvgIpc) is 2.76. The van der Waals surface area contributed by atoms with E-state index in [0.29, 0.717) is 18.9 Å². The lowest BCUT2D eigenvalue weighted by Gasteiger charge is -2.18. The van der Waals surface area contributed by atoms with Gasteiger partial charge in [0.25, 0.3) is 0 Å². The van der Waals surface area contributed by atoms with Gasteiger partial charge < -0.3 is 9.53 Å². The largest absolute Gasteiger partial charge is 0.489 e. The summed E-state index contributed by atoms with van der Waals surface area (Å²) in [6.45, 7) is 0.523. The van der Waals surface area contributed by atoms with Crippen molar-refractivity contribution in [3.05, 3.63) is 76.3 Å². The smallest absolute Gasteiger partial charge is 0.124 e. The second-order valence-electron chi connectivity index (χ2n) is 5.89. The van der Waals surface area contributed by atoms with Crippen LogP contribution < -0.4 is 4.74 Å². The molecule has 0 amide bonds. The molecule has 3 heteroatoms. The van der Waals surface area contributed by atoms with Crippen LogP contribution in [0, 0.1) is 0 Å². The molecule has 1 atom stereocenters. The molecule has 118 valence electrons. The van der Waals surface area contributed by atoms with Crippen LogP contribution in [0.1, 0.15) is 29.0 Å². The summed E-state index contributed by atoms with van der Waals surface area (Å²) in [5, 5.41) is 0. The van der Waals surface area contributed by atoms with Crippen LogP contribution in [0.15, 0.2) is 59.6 Å². The van der Waals surface area contributed by atoms with Gasteiger partial charge >= 0.3 is 0 Å². The molecule has 2 nitrogen and oxygen atoms in total. The molecule has 1 unspecified atom stereocenters. The van der Waals surface area contributed by atoms with E-state index >= 15 is 0 Å². The first kappa shape index (κ1) is 15.8. The van der Waals surface area contributed by atoms with Crippen LogP contribution in [0.3, 0.4) is 0 Å². The Bertz CT molecular complexity index is 707. The molecule has 1 aliphatic rings. The van der Waals surface area contributed by atoms with Crippen molar-refractivity contribution < 1.29 is 9.53 Å². The number of ether oxygens (including phenoxy) is 1. The predicted octanol–water partition coefficient (Wildman–Crippen LogP) is 4.66. The zero-order valence-electron chi connectivity index (χ0n) is 12.9. The lowest BCUT2D eigenvalue weighted by Crippen LogP contribution is -2.04. The molecule has 0 bridgehead atoms. The molecule has 0 aliphatic carbocycles. The Morgan fingerprint density at radius 2 is 1.96 bits per heavy atom. The summed E-state index contributed by atoms with van der Waals surface area (Å²) in [4.78, 5) is 10.8. The third-order valence-corrected chi connectivity index (χ3v) is 4.54. The number of carbonyl (C=O) groups excluding carboxylic acids is 1. The van der Waals surface area contributed by atoms with Crippen molar-refractivity contribution in [3.63, 3.8) is 0 Å². The molecule has 2 aromatic rings. The van der Waals surface area contributed by atoms with Gasteiger partial charge in [0.2, 0.25) is 0 Å². The molecule has 0 N–H and O–H groups in total. The quantitative estimate of drug-likeness (QED) is 0.764. The Balaban J connectivity index is 1.97. The SMILES string of the molecule is O=CCc1ccc2c(c1)C(Cc1ccccc1)CC(=CCl)CO2. The molecule has 0 saturated heterocycles. The first-order chi connectivity index (χ1) is 11.3. The minimum atomic E-state index is 0.298. The number of hydrogen-bond acceptors (Lipinski definition) is 2. The van der Waals surface area contributed by atoms with Crippen molar-refractivity contribution in [2.45, 2.75) is 25.2 Å². The third-order valence-electron chi connectivity index (χ3n) is 4.23. The van der Waals surface area contributed by atoms with Gasteiger partial charge in [-0.3, -0.25) is 0 Å². The van der Waals surface area contributed by atoms with Crippen molar-refractivity contribution in [3.8, 4) is 5.75 Å². The van der Waals surface area contributed by atoms with E-state index in [0.717, 1.165) is 36.0 Å². The van der Waals surface area contributed by atoms with E-state index in [1.54, 1.807) is 5.54 Å². The highest BCUT2D eigenvalue weighted by Crippen LogP contribution is 2.37. The highest BCUT2D eigenvalue weighted by Gasteiger charge is 2.23. The van der Waals surface area contributed by atoms with Crippen molar-refractivity contribution in [2.24, 2.45) is 0 Å². The summed E-state index contributed by atoms with van der Waals surface area (Å²) in [6.07, 6.45) is 3.17. The van der Waals surface area contributed by atoms with Crippen LogP contribution in [0.25, 0.3) is 0 Å². The summed E-state index contributed by atoms with van der Waals surface area (Å²) < 4.78 is 5.91. The summed E-state index contributed by atoms with van der Waals surface area (Å²) in [7, 11) is 0. The number of aldehydes is 1. The van der Waals surface area contributed by atoms with Gasteiger partial charge in [-0.15, -0.1) is 0 Å². The molecule has 23 heavy (non-hydrogen) atoms. The van der Waals surface area contributed by atoms with Gasteiger partial charge in [0, 0.05) is 12.0 Å². The van der Waals surface area contributed by atoms with Crippen LogP contribution >= 0.6 is 11.6 Å². The van der Waals surface area contributed by atoms with Crippen molar-refractivity contribution in [2.75, 3.05) is 6.61 Å². The fourth-order valence-electron chi connectivity index (χ4n) is 3.08. The Morgan fingerprint density at radius 3 is 2.70 bits per heavy atom. The summed E-state index contributed by atoms with van der Waals surface area (Å²) in [6, 6.07) is 16.5. The Hall–Kier alpha value is -2.06. The van der Waals surface area contributed by atoms with E-state index in [9.17, 15) is 4.79 Å². The van der Waals surface area contributed by atoms with Gasteiger partial charge in [0.05, 0.1) is 0 Å². The molecule has 0 fully saturated rings. The normalized spacial score (nSPS) is 18.8. The molecule has 0 radical (unpaired) electrons. The first-order valence-electron chi connectivity index (χ1n) is 7.81. The van der Waals surface area contributed by atoms with Crippen LogP contribution in [0.5, 0.6) is 5.75 Å². The average molecular weight is 327 g/mol. The molecule has 0 spiro atoms. The number of fused-ring (bicyclic) bond motifs is 1. The molecular formula is C20H19ClO2. The molecule has 1 aliphatic heterocycles. The zero-order valence-corrected chi connectivity index (χ0v) is 13.6. The summed E-state index contributed by atoms with van der Waals surface area (Å²) in [5.74, 6) is 1.19. The number of hydrogen-bond donors (Lipinski definition) is 0. The number of carbonyl (C=O) groups is 1. The number of rotatable bonds is 4. The van der Waals surface area contributed by atoms with Gasteiger partial charge in [-0.25, -0.2) is 0 Å². The van der Waals surface area contributed by atoms with E-state index in [4.69, 9.17) is 16.3 Å². The van der Waals surface area contributed by atoms with Gasteiger partial charge in [-0.1, -0.05) is 54.1 Å². The third kappa shape index (κ3) is 3.83. The van der Waals surface area contributed by atoms with E-state index in [1.165, 1.54) is 11.1 Å². The minimum absolute atomic E-state index is 0.298. The van der Waals surface area contributed by atoms with Crippen molar-refractivity contribution in [1.29, 1.82) is 0 Å². The number of halogens is 1. The van der Waals surface area contributed by atoms with Gasteiger partial charge in [-0.2, -0.15) is 0 Å². The summed E-state index contributed by atoms with van der Waals surface area (Å²) in [5.41, 5.74) is 6.22. The van der Waals surface area contributed by atoms with Crippen LogP contribution in [0.4, 0.5) is 0 Å². The van der Waals surface area contributed by atoms with Gasteiger partial charge in [0.1, 0.15) is 18.6 Å². The second kappa shape index (κ2) is 7.47. The van der Waals surface area contributed by atoms with Gasteiger partial charge in [-0.05, 0) is 47.1 Å². The lowest BCUT2D eigenvalue weighted by atomic mass is 9.86. The molecule has 1 heterocycles. The maximum atomic E-state index is 10.8. The minimum Gasteiger partial charge on any atom is -0.489 e. The number of benzene rings is 2. The molecule has 0 saturated carbocycles. The maximum absolute atomic E-state index is 10.8. The van der Waals surface area contributed by atoms with E-state index in [1.807, 2.05) is 18.2 Å². The first-order valence-corrected chi connectivity index (χ1v) is 8.25. The van der Waals surface area contributed by atoms with E-state index in [-0.39, 0.29) is 0 Å². The van der Waals surface area contributed by atoms with E-state index in [2.05, 4.69) is 30.3 Å². The molecule has 0 aromatic heterocycles. The highest BCUT2D eigenvalue weighted by atomic mass is 35.5. The Morgan fingerprint density at radius 1 is 1.13 bits per heavy atom. The van der Waals surface area contributed by atoms with Crippen molar-refractivity contribution in [1.82, 2.24) is 0 Å². The fourth-order valence-corrected chi connectivity index (χ4v) is 3.24. The zero-order chi connectivity index (χ0) is 16.1. The second-order valence-corrected chi connectivity index (χ2v) is 6.11. The summed E-state index contributed by atoms with van der Waals surface area (Å²) >= 11 is 5.96. The van der Waals surface area contributed by atoms with Crippen LogP contribution in [-0.4, -0.2) is 12.9 Å². The van der Waals surface area contributed by atoms with E-state index < -0.39 is 0 Å². The van der Waals surface area contributed by atoms with Crippen LogP contribution in [-0.2, 0) is 17.6 Å². The molecule has 3 rings (SSSR count). The standard InChI is InChI=1S/C20H19ClO2/c21-13-17-11-18(10-15-4-2-1-3-5-15)19-12-16(8-9-22)6-7-20(19)23-14-17/h1-7,9,12-13,18H,8,10-11,14H2. The Kier molecular flexibility index (Phi) is 5.14. The maximum Gasteiger partial charge on any atom is 0.124 e. The van der Waals surface area contributed by atoms with Gasteiger partial charge in [0.15, 0.2) is 0 Å². The van der Waals surface area contributed by atoms with Crippen molar-refractivity contribution >= 4 is 17.9 Å². The molecule has 2 aromatic carbocycles. The monoisotopic (exact) mass is 326 g/mol.